The van der Waals surface area contributed by atoms with Gasteiger partial charge < -0.3 is 26.2 Å². The summed E-state index contributed by atoms with van der Waals surface area (Å²) < 4.78 is 0. The van der Waals surface area contributed by atoms with Crippen molar-refractivity contribution in [3.8, 4) is 0 Å². The number of hydrogen-bond donors (Lipinski definition) is 4. The normalized spacial score (nSPS) is 17.2. The van der Waals surface area contributed by atoms with Crippen molar-refractivity contribution in [2.45, 2.75) is 44.2 Å². The van der Waals surface area contributed by atoms with Crippen LogP contribution in [0.3, 0.4) is 0 Å². The largest absolute Gasteiger partial charge is 0.395 e. The van der Waals surface area contributed by atoms with Crippen molar-refractivity contribution in [2.24, 2.45) is 11.7 Å². The predicted molar refractivity (Wildman–Crippen MR) is 159 cm³/mol. The molecule has 0 bridgehead atoms. The molecule has 1 aromatic heterocycles. The Morgan fingerprint density at radius 1 is 0.929 bits per heavy atom. The Hall–Kier alpha value is -4.28. The van der Waals surface area contributed by atoms with Gasteiger partial charge in [0.1, 0.15) is 6.04 Å². The fourth-order valence-corrected chi connectivity index (χ4v) is 5.60. The van der Waals surface area contributed by atoms with E-state index in [0.717, 1.165) is 30.4 Å². The van der Waals surface area contributed by atoms with Gasteiger partial charge in [0.2, 0.25) is 11.8 Å². The monoisotopic (exact) mass is 573 g/mol. The maximum Gasteiger partial charge on any atom is 0.324 e. The molecule has 1 saturated carbocycles. The number of aliphatic hydroxyl groups excluding tert-OH is 2. The van der Waals surface area contributed by atoms with E-state index >= 15 is 0 Å². The molecule has 3 atom stereocenters. The van der Waals surface area contributed by atoms with Crippen molar-refractivity contribution in [1.82, 2.24) is 15.2 Å². The molecule has 1 aliphatic rings. The first-order chi connectivity index (χ1) is 20.4. The number of pyridine rings is 1. The summed E-state index contributed by atoms with van der Waals surface area (Å²) in [5.41, 5.74) is 8.79. The highest BCUT2D eigenvalue weighted by atomic mass is 16.3. The number of carbonyl (C=O) groups is 3. The number of anilines is 1. The molecule has 0 saturated heterocycles. The van der Waals surface area contributed by atoms with Gasteiger partial charge in [0.15, 0.2) is 0 Å². The smallest absolute Gasteiger partial charge is 0.324 e. The first-order valence-electron chi connectivity index (χ1n) is 14.3. The third-order valence-electron chi connectivity index (χ3n) is 7.75. The molecule has 10 heteroatoms. The number of nitrogens with zero attached hydrogens (tertiary/aromatic N) is 3. The number of aliphatic hydroxyl groups is 2. The summed E-state index contributed by atoms with van der Waals surface area (Å²) in [4.78, 5) is 46.2. The van der Waals surface area contributed by atoms with Crippen LogP contribution >= 0.6 is 0 Å². The maximum absolute atomic E-state index is 13.5. The van der Waals surface area contributed by atoms with Crippen molar-refractivity contribution in [3.63, 3.8) is 0 Å². The zero-order chi connectivity index (χ0) is 29.9. The van der Waals surface area contributed by atoms with E-state index in [-0.39, 0.29) is 56.6 Å². The van der Waals surface area contributed by atoms with Gasteiger partial charge in [-0.2, -0.15) is 0 Å². The van der Waals surface area contributed by atoms with Crippen LogP contribution in [-0.4, -0.2) is 64.2 Å². The van der Waals surface area contributed by atoms with Crippen LogP contribution < -0.4 is 16.0 Å². The Morgan fingerprint density at radius 2 is 1.62 bits per heavy atom. The van der Waals surface area contributed by atoms with Crippen molar-refractivity contribution < 1.29 is 24.6 Å². The molecule has 4 amide bonds. The summed E-state index contributed by atoms with van der Waals surface area (Å²) in [6.07, 6.45) is 6.60. The van der Waals surface area contributed by atoms with E-state index in [4.69, 9.17) is 5.73 Å². The molecular formula is C32H39N5O5. The zero-order valence-corrected chi connectivity index (χ0v) is 23.6. The van der Waals surface area contributed by atoms with E-state index in [1.165, 1.54) is 11.1 Å². The Labute approximate surface area is 246 Å². The minimum atomic E-state index is -0.950. The molecule has 5 N–H and O–H groups in total. The number of benzene rings is 2. The van der Waals surface area contributed by atoms with Crippen molar-refractivity contribution in [1.29, 1.82) is 0 Å². The first-order valence-corrected chi connectivity index (χ1v) is 14.3. The maximum atomic E-state index is 13.5. The Balaban J connectivity index is 1.52. The van der Waals surface area contributed by atoms with Gasteiger partial charge in [-0.15, -0.1) is 0 Å². The molecule has 10 nitrogen and oxygen atoms in total. The van der Waals surface area contributed by atoms with Crippen LogP contribution in [-0.2, 0) is 16.1 Å². The molecule has 3 aromatic rings. The lowest BCUT2D eigenvalue weighted by Crippen LogP contribution is -2.45. The molecule has 3 unspecified atom stereocenters. The van der Waals surface area contributed by atoms with Gasteiger partial charge in [0.05, 0.1) is 19.8 Å². The Morgan fingerprint density at radius 3 is 2.24 bits per heavy atom. The summed E-state index contributed by atoms with van der Waals surface area (Å²) in [6.45, 7) is 0.105. The number of aromatic nitrogens is 1. The summed E-state index contributed by atoms with van der Waals surface area (Å²) in [5.74, 6) is -1.17. The highest BCUT2D eigenvalue weighted by molar-refractivity contribution is 5.92. The van der Waals surface area contributed by atoms with E-state index < -0.39 is 11.9 Å². The van der Waals surface area contributed by atoms with Gasteiger partial charge in [0, 0.05) is 42.7 Å². The SMILES string of the molecule is NC(=O)C(NC(=O)C1CCCCC1c1ccc(CN(C(=O)N(CCO)CCO)c2ccccc2)cc1)c1cccnc1. The average Bonchev–Trinajstić information content (AvgIpc) is 3.03. The van der Waals surface area contributed by atoms with Crippen LogP contribution in [0.2, 0.25) is 0 Å². The van der Waals surface area contributed by atoms with Crippen molar-refractivity contribution in [2.75, 3.05) is 31.2 Å². The number of hydrogen-bond acceptors (Lipinski definition) is 6. The first kappa shape index (κ1) is 30.7. The minimum absolute atomic E-state index is 0.0216. The standard InChI is InChI=1S/C32H39N5O5/c33-30(40)29(25-7-6-16-34-21-25)35-31(41)28-11-5-4-10-27(28)24-14-12-23(13-15-24)22-37(26-8-2-1-3-9-26)32(42)36(17-19-38)18-20-39/h1-3,6-9,12-16,21,27-29,38-39H,4-5,10-11,17-20,22H2,(H2,33,40)(H,35,41). The molecule has 2 aromatic carbocycles. The second kappa shape index (κ2) is 15.1. The third-order valence-corrected chi connectivity index (χ3v) is 7.75. The summed E-state index contributed by atoms with van der Waals surface area (Å²) in [7, 11) is 0. The summed E-state index contributed by atoms with van der Waals surface area (Å²) in [6, 6.07) is 19.4. The number of para-hydroxylation sites is 1. The van der Waals surface area contributed by atoms with Crippen LogP contribution in [0.25, 0.3) is 0 Å². The van der Waals surface area contributed by atoms with E-state index in [1.807, 2.05) is 54.6 Å². The summed E-state index contributed by atoms with van der Waals surface area (Å²) >= 11 is 0. The van der Waals surface area contributed by atoms with Gasteiger partial charge in [0.25, 0.3) is 0 Å². The Bertz CT molecular complexity index is 1300. The van der Waals surface area contributed by atoms with E-state index in [0.29, 0.717) is 17.7 Å². The molecule has 0 aliphatic heterocycles. The van der Waals surface area contributed by atoms with Crippen LogP contribution in [0.5, 0.6) is 0 Å². The highest BCUT2D eigenvalue weighted by Gasteiger charge is 2.34. The second-order valence-corrected chi connectivity index (χ2v) is 10.5. The molecule has 1 heterocycles. The van der Waals surface area contributed by atoms with Crippen molar-refractivity contribution in [3.05, 3.63) is 95.8 Å². The van der Waals surface area contributed by atoms with E-state index in [9.17, 15) is 24.6 Å². The van der Waals surface area contributed by atoms with Crippen molar-refractivity contribution >= 4 is 23.5 Å². The van der Waals surface area contributed by atoms with Gasteiger partial charge in [-0.1, -0.05) is 61.4 Å². The molecular weight excluding hydrogens is 534 g/mol. The third kappa shape index (κ3) is 7.71. The van der Waals surface area contributed by atoms with Crippen LogP contribution in [0.1, 0.15) is 54.3 Å². The lowest BCUT2D eigenvalue weighted by Gasteiger charge is -2.32. The lowest BCUT2D eigenvalue weighted by atomic mass is 9.74. The number of primary amides is 1. The highest BCUT2D eigenvalue weighted by Crippen LogP contribution is 2.38. The van der Waals surface area contributed by atoms with Gasteiger partial charge in [-0.05, 0) is 48.1 Å². The van der Waals surface area contributed by atoms with Gasteiger partial charge in [-0.3, -0.25) is 19.5 Å². The quantitative estimate of drug-likeness (QED) is 0.262. The topological polar surface area (TPSA) is 149 Å². The number of carbonyl (C=O) groups excluding carboxylic acids is 3. The van der Waals surface area contributed by atoms with Gasteiger partial charge in [-0.25, -0.2) is 4.79 Å². The summed E-state index contributed by atoms with van der Waals surface area (Å²) in [5, 5.41) is 21.8. The molecule has 0 spiro atoms. The van der Waals surface area contributed by atoms with Crippen LogP contribution in [0, 0.1) is 5.92 Å². The van der Waals surface area contributed by atoms with Crippen LogP contribution in [0.15, 0.2) is 79.1 Å². The molecule has 1 aliphatic carbocycles. The van der Waals surface area contributed by atoms with E-state index in [1.54, 1.807) is 23.2 Å². The molecule has 42 heavy (non-hydrogen) atoms. The van der Waals surface area contributed by atoms with Crippen LogP contribution in [0.4, 0.5) is 10.5 Å². The predicted octanol–water partition coefficient (Wildman–Crippen LogP) is 3.11. The van der Waals surface area contributed by atoms with E-state index in [2.05, 4.69) is 10.3 Å². The van der Waals surface area contributed by atoms with Gasteiger partial charge >= 0.3 is 6.03 Å². The molecule has 0 radical (unpaired) electrons. The fourth-order valence-electron chi connectivity index (χ4n) is 5.60. The molecule has 222 valence electrons. The molecule has 4 rings (SSSR count). The number of amides is 4. The second-order valence-electron chi connectivity index (χ2n) is 10.5. The molecule has 1 fully saturated rings. The number of nitrogens with two attached hydrogens (primary N) is 1. The minimum Gasteiger partial charge on any atom is -0.395 e. The fraction of sp³-hybridized carbons (Fsp3) is 0.375. The zero-order valence-electron chi connectivity index (χ0n) is 23.6. The Kier molecular flexibility index (Phi) is 11.0. The average molecular weight is 574 g/mol. The lowest BCUT2D eigenvalue weighted by molar-refractivity contribution is -0.131. The number of urea groups is 1. The number of rotatable bonds is 12. The number of nitrogens with one attached hydrogen (secondary N) is 1.